The number of hydrogen-bond donors (Lipinski definition) is 1. The van der Waals surface area contributed by atoms with Crippen molar-refractivity contribution in [2.24, 2.45) is 11.7 Å². The normalized spacial score (nSPS) is 17.9. The van der Waals surface area contributed by atoms with E-state index >= 15 is 0 Å². The van der Waals surface area contributed by atoms with Crippen LogP contribution in [0.4, 0.5) is 0 Å². The molecule has 0 radical (unpaired) electrons. The van der Waals surface area contributed by atoms with Crippen molar-refractivity contribution in [3.05, 3.63) is 47.6 Å². The van der Waals surface area contributed by atoms with Crippen LogP contribution >= 0.6 is 0 Å². The highest BCUT2D eigenvalue weighted by Crippen LogP contribution is 2.52. The van der Waals surface area contributed by atoms with Crippen LogP contribution < -0.4 is 5.73 Å². The van der Waals surface area contributed by atoms with Crippen LogP contribution in [0.15, 0.2) is 34.9 Å². The highest BCUT2D eigenvalue weighted by molar-refractivity contribution is 5.38. The van der Waals surface area contributed by atoms with Crippen LogP contribution in [0.1, 0.15) is 56.3 Å². The Morgan fingerprint density at radius 2 is 1.95 bits per heavy atom. The number of nitrogens with two attached hydrogens (primary N) is 1. The molecule has 1 fully saturated rings. The molecule has 0 aliphatic heterocycles. The molecule has 4 nitrogen and oxygen atoms in total. The smallest absolute Gasteiger partial charge is 0.231 e. The summed E-state index contributed by atoms with van der Waals surface area (Å²) in [6, 6.07) is 10.5. The lowest BCUT2D eigenvalue weighted by atomic mass is 9.95. The molecule has 4 heteroatoms. The first kappa shape index (κ1) is 14.3. The van der Waals surface area contributed by atoms with E-state index in [9.17, 15) is 0 Å². The van der Waals surface area contributed by atoms with Gasteiger partial charge in [-0.25, -0.2) is 0 Å². The van der Waals surface area contributed by atoms with E-state index in [0.29, 0.717) is 18.4 Å². The van der Waals surface area contributed by atoms with Crippen molar-refractivity contribution in [2.75, 3.05) is 6.54 Å². The van der Waals surface area contributed by atoms with Crippen molar-refractivity contribution in [3.63, 3.8) is 0 Å². The fraction of sp³-hybridized carbons (Fsp3) is 0.529. The molecule has 0 saturated heterocycles. The summed E-state index contributed by atoms with van der Waals surface area (Å²) >= 11 is 0. The lowest BCUT2D eigenvalue weighted by Crippen LogP contribution is -2.16. The van der Waals surface area contributed by atoms with E-state index in [2.05, 4.69) is 48.3 Å². The molecule has 1 aromatic carbocycles. The van der Waals surface area contributed by atoms with Crippen molar-refractivity contribution >= 4 is 0 Å². The van der Waals surface area contributed by atoms with Gasteiger partial charge in [-0.1, -0.05) is 49.3 Å². The number of aromatic nitrogens is 2. The Balaban J connectivity index is 1.85. The second-order valence-corrected chi connectivity index (χ2v) is 6.47. The first-order valence-electron chi connectivity index (χ1n) is 7.75. The van der Waals surface area contributed by atoms with E-state index < -0.39 is 0 Å². The second kappa shape index (κ2) is 5.60. The van der Waals surface area contributed by atoms with Crippen molar-refractivity contribution in [1.82, 2.24) is 10.1 Å². The van der Waals surface area contributed by atoms with Crippen LogP contribution in [0.5, 0.6) is 0 Å². The summed E-state index contributed by atoms with van der Waals surface area (Å²) < 4.78 is 5.53. The molecular formula is C17H23N3O. The average Bonchev–Trinajstić information content (AvgIpc) is 3.16. The Labute approximate surface area is 125 Å². The molecule has 0 bridgehead atoms. The molecule has 1 heterocycles. The molecule has 1 unspecified atom stereocenters. The van der Waals surface area contributed by atoms with Crippen LogP contribution in [0.25, 0.3) is 0 Å². The monoisotopic (exact) mass is 285 g/mol. The zero-order valence-corrected chi connectivity index (χ0v) is 12.7. The molecule has 1 aromatic heterocycles. The average molecular weight is 285 g/mol. The molecule has 0 spiro atoms. The molecule has 21 heavy (non-hydrogen) atoms. The minimum absolute atomic E-state index is 0.0278. The fourth-order valence-corrected chi connectivity index (χ4v) is 2.99. The largest absolute Gasteiger partial charge is 0.339 e. The third-order valence-corrected chi connectivity index (χ3v) is 4.34. The van der Waals surface area contributed by atoms with E-state index in [4.69, 9.17) is 10.3 Å². The van der Waals surface area contributed by atoms with E-state index in [1.165, 1.54) is 5.56 Å². The molecule has 0 amide bonds. The molecule has 2 N–H and O–H groups in total. The Morgan fingerprint density at radius 1 is 1.24 bits per heavy atom. The molecule has 112 valence electrons. The number of nitrogens with zero attached hydrogens (tertiary/aromatic N) is 2. The van der Waals surface area contributed by atoms with Crippen LogP contribution in [-0.2, 0) is 5.41 Å². The highest BCUT2D eigenvalue weighted by atomic mass is 16.5. The summed E-state index contributed by atoms with van der Waals surface area (Å²) in [4.78, 5) is 4.69. The van der Waals surface area contributed by atoms with Gasteiger partial charge in [0, 0.05) is 6.54 Å². The van der Waals surface area contributed by atoms with Crippen LogP contribution in [0.3, 0.4) is 0 Å². The lowest BCUT2D eigenvalue weighted by Gasteiger charge is -2.12. The predicted octanol–water partition coefficient (Wildman–Crippen LogP) is 3.24. The number of benzene rings is 1. The minimum Gasteiger partial charge on any atom is -0.339 e. The Hall–Kier alpha value is -1.68. The van der Waals surface area contributed by atoms with Crippen molar-refractivity contribution in [3.8, 4) is 0 Å². The zero-order valence-electron chi connectivity index (χ0n) is 12.7. The highest BCUT2D eigenvalue weighted by Gasteiger charge is 2.50. The van der Waals surface area contributed by atoms with E-state index in [1.54, 1.807) is 0 Å². The van der Waals surface area contributed by atoms with Gasteiger partial charge < -0.3 is 10.3 Å². The zero-order chi connectivity index (χ0) is 14.9. The van der Waals surface area contributed by atoms with Crippen molar-refractivity contribution in [1.29, 1.82) is 0 Å². The second-order valence-electron chi connectivity index (χ2n) is 6.47. The fourth-order valence-electron chi connectivity index (χ4n) is 2.99. The summed E-state index contributed by atoms with van der Waals surface area (Å²) in [6.45, 7) is 4.93. The maximum absolute atomic E-state index is 5.87. The maximum atomic E-state index is 5.87. The van der Waals surface area contributed by atoms with Crippen molar-refractivity contribution < 1.29 is 4.52 Å². The van der Waals surface area contributed by atoms with Crippen LogP contribution in [0.2, 0.25) is 0 Å². The molecule has 1 atom stereocenters. The Morgan fingerprint density at radius 3 is 2.52 bits per heavy atom. The minimum atomic E-state index is -0.0278. The molecule has 1 saturated carbocycles. The summed E-state index contributed by atoms with van der Waals surface area (Å²) in [6.07, 6.45) is 3.16. The third-order valence-electron chi connectivity index (χ3n) is 4.34. The Kier molecular flexibility index (Phi) is 3.81. The van der Waals surface area contributed by atoms with Gasteiger partial charge in [0.25, 0.3) is 0 Å². The summed E-state index contributed by atoms with van der Waals surface area (Å²) in [5.74, 6) is 2.25. The molecule has 1 aliphatic rings. The number of hydrogen-bond acceptors (Lipinski definition) is 4. The van der Waals surface area contributed by atoms with Gasteiger partial charge in [-0.15, -0.1) is 0 Å². The van der Waals surface area contributed by atoms with E-state index in [-0.39, 0.29) is 11.3 Å². The SMILES string of the molecule is CC(C)CC(CN)c1nc(C2(c3ccccc3)CC2)no1. The number of rotatable bonds is 6. The lowest BCUT2D eigenvalue weighted by molar-refractivity contribution is 0.330. The first-order valence-corrected chi connectivity index (χ1v) is 7.75. The van der Waals surface area contributed by atoms with Gasteiger partial charge in [-0.2, -0.15) is 4.98 Å². The topological polar surface area (TPSA) is 64.9 Å². The van der Waals surface area contributed by atoms with Crippen LogP contribution in [-0.4, -0.2) is 16.7 Å². The predicted molar refractivity (Wildman–Crippen MR) is 82.0 cm³/mol. The Bertz CT molecular complexity index is 587. The molecule has 2 aromatic rings. The van der Waals surface area contributed by atoms with Gasteiger partial charge >= 0.3 is 0 Å². The van der Waals surface area contributed by atoms with Crippen molar-refractivity contribution in [2.45, 2.75) is 44.4 Å². The van der Waals surface area contributed by atoms with Gasteiger partial charge in [0.2, 0.25) is 5.89 Å². The van der Waals surface area contributed by atoms with Crippen LogP contribution in [0, 0.1) is 5.92 Å². The molecule has 1 aliphatic carbocycles. The maximum Gasteiger partial charge on any atom is 0.231 e. The molecule has 3 rings (SSSR count). The van der Waals surface area contributed by atoms with Gasteiger partial charge in [-0.05, 0) is 30.7 Å². The summed E-state index contributed by atoms with van der Waals surface area (Å²) in [7, 11) is 0. The molecular weight excluding hydrogens is 262 g/mol. The van der Waals surface area contributed by atoms with Gasteiger partial charge in [0.05, 0.1) is 11.3 Å². The summed E-state index contributed by atoms with van der Waals surface area (Å²) in [5.41, 5.74) is 7.13. The standard InChI is InChI=1S/C17H23N3O/c1-12(2)10-13(11-18)15-19-16(20-21-15)17(8-9-17)14-6-4-3-5-7-14/h3-7,12-13H,8-11,18H2,1-2H3. The van der Waals surface area contributed by atoms with Gasteiger partial charge in [0.15, 0.2) is 5.82 Å². The quantitative estimate of drug-likeness (QED) is 0.885. The van der Waals surface area contributed by atoms with E-state index in [1.807, 2.05) is 6.07 Å². The van der Waals surface area contributed by atoms with Gasteiger partial charge in [0.1, 0.15) is 0 Å². The van der Waals surface area contributed by atoms with Gasteiger partial charge in [-0.3, -0.25) is 0 Å². The third kappa shape index (κ3) is 2.72. The first-order chi connectivity index (χ1) is 10.2. The van der Waals surface area contributed by atoms with E-state index in [0.717, 1.165) is 25.1 Å². The summed E-state index contributed by atoms with van der Waals surface area (Å²) in [5, 5.41) is 4.26.